The summed E-state index contributed by atoms with van der Waals surface area (Å²) in [6.07, 6.45) is 17.7. The molecule has 0 spiro atoms. The highest BCUT2D eigenvalue weighted by Crippen LogP contribution is 2.24. The van der Waals surface area contributed by atoms with Crippen molar-refractivity contribution in [2.45, 2.75) is 116 Å². The number of pyridine rings is 1. The van der Waals surface area contributed by atoms with Gasteiger partial charge in [0.15, 0.2) is 0 Å². The SMILES string of the molecule is CCCCCCCCCNn1cc(CCCCCCCCCC(F)(F)F)c2cnccc21. The molecular weight excluding hydrogens is 411 g/mol. The molecule has 0 saturated carbocycles. The molecule has 0 unspecified atom stereocenters. The van der Waals surface area contributed by atoms with Gasteiger partial charge < -0.3 is 5.43 Å². The monoisotopic (exact) mass is 453 g/mol. The topological polar surface area (TPSA) is 29.9 Å². The maximum atomic E-state index is 12.2. The van der Waals surface area contributed by atoms with E-state index in [4.69, 9.17) is 0 Å². The third kappa shape index (κ3) is 10.7. The normalized spacial score (nSPS) is 12.0. The maximum Gasteiger partial charge on any atom is 0.389 e. The third-order valence-electron chi connectivity index (χ3n) is 6.16. The summed E-state index contributed by atoms with van der Waals surface area (Å²) in [6, 6.07) is 2.07. The molecular formula is C26H42F3N3. The van der Waals surface area contributed by atoms with Crippen molar-refractivity contribution >= 4 is 10.9 Å². The van der Waals surface area contributed by atoms with Crippen LogP contribution in [-0.2, 0) is 6.42 Å². The van der Waals surface area contributed by atoms with Crippen LogP contribution >= 0.6 is 0 Å². The Morgan fingerprint density at radius 3 is 2.16 bits per heavy atom. The lowest BCUT2D eigenvalue weighted by Gasteiger charge is -2.09. The Morgan fingerprint density at radius 2 is 1.47 bits per heavy atom. The lowest BCUT2D eigenvalue weighted by molar-refractivity contribution is -0.135. The second-order valence-electron chi connectivity index (χ2n) is 9.04. The molecule has 1 N–H and O–H groups in total. The highest BCUT2D eigenvalue weighted by molar-refractivity contribution is 5.83. The third-order valence-corrected chi connectivity index (χ3v) is 6.16. The number of aryl methyl sites for hydroxylation is 1. The second-order valence-corrected chi connectivity index (χ2v) is 9.04. The molecule has 32 heavy (non-hydrogen) atoms. The summed E-state index contributed by atoms with van der Waals surface area (Å²) in [5, 5.41) is 1.21. The first kappa shape index (κ1) is 26.5. The molecule has 0 radical (unpaired) electrons. The zero-order valence-electron chi connectivity index (χ0n) is 19.9. The van der Waals surface area contributed by atoms with E-state index in [1.807, 2.05) is 12.4 Å². The first-order valence-electron chi connectivity index (χ1n) is 12.8. The molecule has 6 heteroatoms. The molecule has 2 rings (SSSR count). The van der Waals surface area contributed by atoms with Crippen LogP contribution in [0.3, 0.4) is 0 Å². The summed E-state index contributed by atoms with van der Waals surface area (Å²) in [7, 11) is 0. The molecule has 0 bridgehead atoms. The number of hydrogen-bond acceptors (Lipinski definition) is 2. The summed E-state index contributed by atoms with van der Waals surface area (Å²) < 4.78 is 38.6. The van der Waals surface area contributed by atoms with Gasteiger partial charge in [0, 0.05) is 36.9 Å². The number of nitrogens with one attached hydrogen (secondary N) is 1. The van der Waals surface area contributed by atoms with Crippen molar-refractivity contribution in [2.24, 2.45) is 0 Å². The predicted octanol–water partition coefficient (Wildman–Crippen LogP) is 8.56. The Bertz CT molecular complexity index is 739. The Hall–Kier alpha value is -1.72. The van der Waals surface area contributed by atoms with Gasteiger partial charge in [-0.15, -0.1) is 0 Å². The quantitative estimate of drug-likeness (QED) is 0.229. The average Bonchev–Trinajstić information content (AvgIpc) is 3.11. The first-order chi connectivity index (χ1) is 15.5. The van der Waals surface area contributed by atoms with Crippen LogP contribution in [0.2, 0.25) is 0 Å². The number of unbranched alkanes of at least 4 members (excludes halogenated alkanes) is 12. The Labute approximate surface area is 192 Å². The summed E-state index contributed by atoms with van der Waals surface area (Å²) in [5.41, 5.74) is 6.07. The van der Waals surface area contributed by atoms with Gasteiger partial charge in [0.25, 0.3) is 0 Å². The second kappa shape index (κ2) is 15.2. The molecule has 2 aromatic rings. The van der Waals surface area contributed by atoms with Gasteiger partial charge >= 0.3 is 6.18 Å². The van der Waals surface area contributed by atoms with Crippen molar-refractivity contribution in [3.05, 3.63) is 30.2 Å². The minimum Gasteiger partial charge on any atom is -0.326 e. The van der Waals surface area contributed by atoms with Crippen LogP contribution < -0.4 is 5.43 Å². The van der Waals surface area contributed by atoms with Crippen LogP contribution in [-0.4, -0.2) is 22.4 Å². The molecule has 2 heterocycles. The van der Waals surface area contributed by atoms with E-state index in [0.717, 1.165) is 45.1 Å². The molecule has 182 valence electrons. The first-order valence-corrected chi connectivity index (χ1v) is 12.8. The number of nitrogens with zero attached hydrogens (tertiary/aromatic N) is 2. The molecule has 0 aromatic carbocycles. The molecule has 0 aliphatic rings. The zero-order valence-corrected chi connectivity index (χ0v) is 19.9. The van der Waals surface area contributed by atoms with E-state index >= 15 is 0 Å². The largest absolute Gasteiger partial charge is 0.389 e. The van der Waals surface area contributed by atoms with Crippen LogP contribution in [0, 0.1) is 0 Å². The van der Waals surface area contributed by atoms with Gasteiger partial charge in [-0.3, -0.25) is 9.66 Å². The average molecular weight is 454 g/mol. The molecule has 0 amide bonds. The van der Waals surface area contributed by atoms with Gasteiger partial charge in [-0.2, -0.15) is 13.2 Å². The predicted molar refractivity (Wildman–Crippen MR) is 129 cm³/mol. The fourth-order valence-corrected chi connectivity index (χ4v) is 4.28. The van der Waals surface area contributed by atoms with Gasteiger partial charge in [-0.25, -0.2) is 0 Å². The number of rotatable bonds is 18. The van der Waals surface area contributed by atoms with Gasteiger partial charge in [0.2, 0.25) is 0 Å². The van der Waals surface area contributed by atoms with Crippen LogP contribution in [0.15, 0.2) is 24.7 Å². The number of halogens is 3. The summed E-state index contributed by atoms with van der Waals surface area (Å²) in [4.78, 5) is 4.31. The Balaban J connectivity index is 1.65. The number of aromatic nitrogens is 2. The van der Waals surface area contributed by atoms with Gasteiger partial charge in [0.05, 0.1) is 5.52 Å². The lowest BCUT2D eigenvalue weighted by Crippen LogP contribution is -2.14. The summed E-state index contributed by atoms with van der Waals surface area (Å²) >= 11 is 0. The Kier molecular flexibility index (Phi) is 12.6. The molecule has 0 fully saturated rings. The van der Waals surface area contributed by atoms with E-state index in [2.05, 4.69) is 34.3 Å². The lowest BCUT2D eigenvalue weighted by atomic mass is 10.0. The van der Waals surface area contributed by atoms with Crippen molar-refractivity contribution in [3.63, 3.8) is 0 Å². The van der Waals surface area contributed by atoms with Gasteiger partial charge in [-0.05, 0) is 37.3 Å². The van der Waals surface area contributed by atoms with E-state index in [9.17, 15) is 13.2 Å². The molecule has 0 aliphatic heterocycles. The van der Waals surface area contributed by atoms with Gasteiger partial charge in [0.1, 0.15) is 0 Å². The van der Waals surface area contributed by atoms with Crippen molar-refractivity contribution in [1.29, 1.82) is 0 Å². The van der Waals surface area contributed by atoms with Gasteiger partial charge in [-0.1, -0.05) is 77.6 Å². The van der Waals surface area contributed by atoms with E-state index < -0.39 is 12.6 Å². The van der Waals surface area contributed by atoms with Crippen LogP contribution in [0.1, 0.15) is 109 Å². The van der Waals surface area contributed by atoms with E-state index in [0.29, 0.717) is 6.42 Å². The highest BCUT2D eigenvalue weighted by atomic mass is 19.4. The molecule has 0 atom stereocenters. The van der Waals surface area contributed by atoms with Crippen LogP contribution in [0.4, 0.5) is 13.2 Å². The fourth-order valence-electron chi connectivity index (χ4n) is 4.28. The summed E-state index contributed by atoms with van der Waals surface area (Å²) in [6.45, 7) is 3.23. The number of fused-ring (bicyclic) bond motifs is 1. The Morgan fingerprint density at radius 1 is 0.844 bits per heavy atom. The number of hydrogen-bond donors (Lipinski definition) is 1. The van der Waals surface area contributed by atoms with E-state index in [1.165, 1.54) is 61.4 Å². The van der Waals surface area contributed by atoms with E-state index in [-0.39, 0.29) is 6.42 Å². The number of alkyl halides is 3. The molecule has 3 nitrogen and oxygen atoms in total. The van der Waals surface area contributed by atoms with Crippen molar-refractivity contribution < 1.29 is 13.2 Å². The van der Waals surface area contributed by atoms with Crippen molar-refractivity contribution in [2.75, 3.05) is 12.0 Å². The molecule has 0 saturated heterocycles. The highest BCUT2D eigenvalue weighted by Gasteiger charge is 2.25. The summed E-state index contributed by atoms with van der Waals surface area (Å²) in [5.74, 6) is 0. The minimum atomic E-state index is -4.00. The maximum absolute atomic E-state index is 12.2. The van der Waals surface area contributed by atoms with E-state index in [1.54, 1.807) is 0 Å². The smallest absolute Gasteiger partial charge is 0.326 e. The molecule has 0 aliphatic carbocycles. The van der Waals surface area contributed by atoms with Crippen molar-refractivity contribution in [1.82, 2.24) is 9.66 Å². The van der Waals surface area contributed by atoms with Crippen LogP contribution in [0.25, 0.3) is 10.9 Å². The minimum absolute atomic E-state index is 0.266. The van der Waals surface area contributed by atoms with Crippen molar-refractivity contribution in [3.8, 4) is 0 Å². The standard InChI is InChI=1S/C26H42F3N3/c1-2-3-4-5-9-12-15-19-31-32-22-23(24-21-30-20-17-25(24)32)16-13-10-7-6-8-11-14-18-26(27,28)29/h17,20-22,31H,2-16,18-19H2,1H3. The molecule has 2 aromatic heterocycles. The van der Waals surface area contributed by atoms with Crippen LogP contribution in [0.5, 0.6) is 0 Å². The zero-order chi connectivity index (χ0) is 23.1. The fraction of sp³-hybridized carbons (Fsp3) is 0.731.